The monoisotopic (exact) mass is 328 g/mol. The fourth-order valence-electron chi connectivity index (χ4n) is 3.68. The fourth-order valence-corrected chi connectivity index (χ4v) is 3.68. The first kappa shape index (κ1) is 17.1. The van der Waals surface area contributed by atoms with E-state index >= 15 is 0 Å². The molecule has 5 nitrogen and oxygen atoms in total. The van der Waals surface area contributed by atoms with E-state index in [4.69, 9.17) is 0 Å². The quantitative estimate of drug-likeness (QED) is 0.845. The highest BCUT2D eigenvalue weighted by Gasteiger charge is 2.28. The number of aliphatic hydroxyl groups excluding tert-OH is 1. The second kappa shape index (κ2) is 7.92. The maximum absolute atomic E-state index is 10.5. The Hall–Kier alpha value is -1.69. The summed E-state index contributed by atoms with van der Waals surface area (Å²) < 4.78 is 1.86. The van der Waals surface area contributed by atoms with Crippen molar-refractivity contribution in [2.24, 2.45) is 7.05 Å². The summed E-state index contributed by atoms with van der Waals surface area (Å²) in [5.41, 5.74) is 2.54. The molecule has 1 aliphatic rings. The Morgan fingerprint density at radius 3 is 2.83 bits per heavy atom. The van der Waals surface area contributed by atoms with E-state index in [1.165, 1.54) is 17.5 Å². The Labute approximate surface area is 144 Å². The average molecular weight is 328 g/mol. The molecule has 0 aliphatic carbocycles. The fraction of sp³-hybridized carbons (Fsp3) is 0.526. The normalized spacial score (nSPS) is 19.9. The zero-order valence-corrected chi connectivity index (χ0v) is 14.7. The maximum Gasteiger partial charge on any atom is 0.0794 e. The lowest BCUT2D eigenvalue weighted by Crippen LogP contribution is -2.38. The van der Waals surface area contributed by atoms with Gasteiger partial charge >= 0.3 is 0 Å². The molecule has 1 fully saturated rings. The number of aromatic nitrogens is 2. The van der Waals surface area contributed by atoms with Crippen molar-refractivity contribution in [1.82, 2.24) is 19.6 Å². The molecule has 0 spiro atoms. The zero-order chi connectivity index (χ0) is 16.9. The molecule has 130 valence electrons. The van der Waals surface area contributed by atoms with E-state index in [1.807, 2.05) is 24.0 Å². The zero-order valence-electron chi connectivity index (χ0n) is 14.7. The lowest BCUT2D eigenvalue weighted by Gasteiger charge is -2.28. The van der Waals surface area contributed by atoms with Gasteiger partial charge in [0.05, 0.1) is 12.3 Å². The van der Waals surface area contributed by atoms with Gasteiger partial charge < -0.3 is 5.11 Å². The number of aliphatic hydroxyl groups is 1. The molecule has 2 heterocycles. The summed E-state index contributed by atoms with van der Waals surface area (Å²) in [6.07, 6.45) is 6.05. The molecule has 1 N–H and O–H groups in total. The van der Waals surface area contributed by atoms with E-state index in [9.17, 15) is 5.11 Å². The van der Waals surface area contributed by atoms with Crippen molar-refractivity contribution in [3.05, 3.63) is 53.9 Å². The number of likely N-dealkylation sites (tertiary alicyclic amines) is 1. The van der Waals surface area contributed by atoms with Gasteiger partial charge in [0.25, 0.3) is 0 Å². The summed E-state index contributed by atoms with van der Waals surface area (Å²) in [5, 5.41) is 14.8. The van der Waals surface area contributed by atoms with Gasteiger partial charge in [-0.3, -0.25) is 14.5 Å². The summed E-state index contributed by atoms with van der Waals surface area (Å²) >= 11 is 0. The van der Waals surface area contributed by atoms with Crippen LogP contribution in [0.5, 0.6) is 0 Å². The second-order valence-electron chi connectivity index (χ2n) is 6.94. The predicted octanol–water partition coefficient (Wildman–Crippen LogP) is 2.05. The van der Waals surface area contributed by atoms with E-state index in [1.54, 1.807) is 0 Å². The van der Waals surface area contributed by atoms with Crippen LogP contribution >= 0.6 is 0 Å². The Balaban J connectivity index is 1.51. The van der Waals surface area contributed by atoms with Crippen molar-refractivity contribution in [1.29, 1.82) is 0 Å². The molecular weight excluding hydrogens is 300 g/mol. The van der Waals surface area contributed by atoms with Crippen molar-refractivity contribution in [2.75, 3.05) is 26.7 Å². The van der Waals surface area contributed by atoms with Gasteiger partial charge in [-0.1, -0.05) is 30.3 Å². The highest BCUT2D eigenvalue weighted by Crippen LogP contribution is 2.31. The van der Waals surface area contributed by atoms with Crippen molar-refractivity contribution in [3.8, 4) is 0 Å². The molecule has 5 heteroatoms. The molecule has 24 heavy (non-hydrogen) atoms. The van der Waals surface area contributed by atoms with Crippen LogP contribution in [0, 0.1) is 0 Å². The van der Waals surface area contributed by atoms with Crippen molar-refractivity contribution < 1.29 is 5.11 Å². The molecule has 0 unspecified atom stereocenters. The number of hydrogen-bond acceptors (Lipinski definition) is 4. The Morgan fingerprint density at radius 2 is 2.12 bits per heavy atom. The molecule has 1 aromatic heterocycles. The minimum absolute atomic E-state index is 0.337. The van der Waals surface area contributed by atoms with E-state index in [2.05, 4.69) is 52.4 Å². The molecule has 2 aromatic rings. The standard InChI is InChI=1S/C19H28N4O/c1-21(12-16-7-4-3-5-8-16)14-18(24)15-23-10-6-9-19(23)17-11-20-22(2)13-17/h3-5,7-8,11,13,18-19,24H,6,9-10,12,14-15H2,1-2H3/t18-,19+/m1/s1. The van der Waals surface area contributed by atoms with Crippen molar-refractivity contribution in [2.45, 2.75) is 31.5 Å². The summed E-state index contributed by atoms with van der Waals surface area (Å²) in [6.45, 7) is 3.33. The highest BCUT2D eigenvalue weighted by atomic mass is 16.3. The third-order valence-electron chi connectivity index (χ3n) is 4.74. The van der Waals surface area contributed by atoms with Crippen molar-refractivity contribution in [3.63, 3.8) is 0 Å². The summed E-state index contributed by atoms with van der Waals surface area (Å²) in [5.74, 6) is 0. The number of nitrogens with zero attached hydrogens (tertiary/aromatic N) is 4. The Morgan fingerprint density at radius 1 is 1.33 bits per heavy atom. The number of rotatable bonds is 7. The number of aryl methyl sites for hydroxylation is 1. The van der Waals surface area contributed by atoms with Gasteiger partial charge in [-0.15, -0.1) is 0 Å². The second-order valence-corrected chi connectivity index (χ2v) is 6.94. The first-order valence-corrected chi connectivity index (χ1v) is 8.75. The van der Waals surface area contributed by atoms with Gasteiger partial charge in [0.15, 0.2) is 0 Å². The van der Waals surface area contributed by atoms with Crippen LogP contribution in [0.25, 0.3) is 0 Å². The minimum atomic E-state index is -0.337. The molecule has 2 atom stereocenters. The molecule has 0 bridgehead atoms. The van der Waals surface area contributed by atoms with Crippen LogP contribution in [0.15, 0.2) is 42.7 Å². The van der Waals surface area contributed by atoms with Crippen LogP contribution in [0.2, 0.25) is 0 Å². The first-order chi connectivity index (χ1) is 11.6. The molecule has 1 aliphatic heterocycles. The smallest absolute Gasteiger partial charge is 0.0794 e. The molecule has 3 rings (SSSR count). The van der Waals surface area contributed by atoms with Crippen LogP contribution in [0.1, 0.15) is 30.0 Å². The number of likely N-dealkylation sites (N-methyl/N-ethyl adjacent to an activating group) is 1. The van der Waals surface area contributed by atoms with Crippen LogP contribution in [0.4, 0.5) is 0 Å². The lowest BCUT2D eigenvalue weighted by molar-refractivity contribution is 0.0750. The summed E-state index contributed by atoms with van der Waals surface area (Å²) in [6, 6.07) is 10.8. The largest absolute Gasteiger partial charge is 0.390 e. The molecule has 0 saturated carbocycles. The SMILES string of the molecule is CN(Cc1ccccc1)C[C@@H](O)CN1CCC[C@H]1c1cnn(C)c1. The third kappa shape index (κ3) is 4.44. The number of β-amino-alcohol motifs (C(OH)–C–C–N with tert-alkyl or cyclic N) is 1. The topological polar surface area (TPSA) is 44.5 Å². The maximum atomic E-state index is 10.5. The average Bonchev–Trinajstić information content (AvgIpc) is 3.16. The summed E-state index contributed by atoms with van der Waals surface area (Å²) in [4.78, 5) is 4.59. The van der Waals surface area contributed by atoms with E-state index in [0.29, 0.717) is 12.6 Å². The number of benzene rings is 1. The van der Waals surface area contributed by atoms with E-state index < -0.39 is 0 Å². The molecule has 1 aromatic carbocycles. The molecule has 0 radical (unpaired) electrons. The molecule has 1 saturated heterocycles. The first-order valence-electron chi connectivity index (χ1n) is 8.75. The van der Waals surface area contributed by atoms with Gasteiger partial charge in [-0.25, -0.2) is 0 Å². The van der Waals surface area contributed by atoms with E-state index in [0.717, 1.165) is 26.1 Å². The Kier molecular flexibility index (Phi) is 5.66. The van der Waals surface area contributed by atoms with Crippen molar-refractivity contribution >= 4 is 0 Å². The summed E-state index contributed by atoms with van der Waals surface area (Å²) in [7, 11) is 4.02. The van der Waals surface area contributed by atoms with Gasteiger partial charge in [0, 0.05) is 44.5 Å². The third-order valence-corrected chi connectivity index (χ3v) is 4.74. The number of hydrogen-bond donors (Lipinski definition) is 1. The van der Waals surface area contributed by atoms with Gasteiger partial charge in [0.2, 0.25) is 0 Å². The van der Waals surface area contributed by atoms with Crippen LogP contribution in [0.3, 0.4) is 0 Å². The van der Waals surface area contributed by atoms with Crippen LogP contribution in [-0.2, 0) is 13.6 Å². The van der Waals surface area contributed by atoms with Gasteiger partial charge in [0.1, 0.15) is 0 Å². The van der Waals surface area contributed by atoms with Crippen LogP contribution < -0.4 is 0 Å². The Bertz CT molecular complexity index is 627. The van der Waals surface area contributed by atoms with E-state index in [-0.39, 0.29) is 6.10 Å². The van der Waals surface area contributed by atoms with Gasteiger partial charge in [-0.05, 0) is 32.0 Å². The van der Waals surface area contributed by atoms with Crippen LogP contribution in [-0.4, -0.2) is 57.5 Å². The van der Waals surface area contributed by atoms with Gasteiger partial charge in [-0.2, -0.15) is 5.10 Å². The molecular formula is C19H28N4O. The lowest BCUT2D eigenvalue weighted by atomic mass is 10.1. The highest BCUT2D eigenvalue weighted by molar-refractivity contribution is 5.14. The predicted molar refractivity (Wildman–Crippen MR) is 95.5 cm³/mol. The molecule has 0 amide bonds. The minimum Gasteiger partial charge on any atom is -0.390 e.